The normalized spacial score (nSPS) is 11.2. The minimum Gasteiger partial charge on any atom is -0.423 e. The number of carbonyl (C=O) groups excluding carboxylic acids is 2. The molecule has 0 saturated carbocycles. The smallest absolute Gasteiger partial charge is 0.335 e. The number of hydrogen-bond donors (Lipinski definition) is 0. The molecule has 0 aliphatic carbocycles. The van der Waals surface area contributed by atoms with Gasteiger partial charge in [-0.3, -0.25) is 0 Å². The number of ether oxygens (including phenoxy) is 2. The highest BCUT2D eigenvalue weighted by Crippen LogP contribution is 2.33. The molecule has 0 unspecified atom stereocenters. The third-order valence-corrected chi connectivity index (χ3v) is 2.87. The average molecular weight is 296 g/mol. The standard InChI is InChI=1S/C18H16O4/c1-3-7-17(19)21-15-11-12-16(22-18(20)8-4-2)14-10-6-5-9-13(14)15/h3-12H,1-2H3/b7-3+,8-4+. The lowest BCUT2D eigenvalue weighted by molar-refractivity contribution is -0.130. The second-order valence-electron chi connectivity index (χ2n) is 4.45. The Hall–Kier alpha value is -2.88. The first-order valence-corrected chi connectivity index (χ1v) is 6.86. The van der Waals surface area contributed by atoms with Crippen molar-refractivity contribution < 1.29 is 19.1 Å². The molecule has 2 aromatic rings. The minimum atomic E-state index is -0.452. The third-order valence-electron chi connectivity index (χ3n) is 2.87. The highest BCUT2D eigenvalue weighted by molar-refractivity contribution is 5.97. The maximum absolute atomic E-state index is 11.6. The Bertz CT molecular complexity index is 692. The molecule has 0 aliphatic rings. The van der Waals surface area contributed by atoms with Crippen molar-refractivity contribution in [3.05, 3.63) is 60.7 Å². The van der Waals surface area contributed by atoms with Crippen molar-refractivity contribution in [1.29, 1.82) is 0 Å². The second kappa shape index (κ2) is 7.22. The van der Waals surface area contributed by atoms with E-state index < -0.39 is 11.9 Å². The predicted molar refractivity (Wildman–Crippen MR) is 84.8 cm³/mol. The van der Waals surface area contributed by atoms with Crippen LogP contribution < -0.4 is 9.47 Å². The largest absolute Gasteiger partial charge is 0.423 e. The van der Waals surface area contributed by atoms with Crippen LogP contribution in [0.5, 0.6) is 11.5 Å². The van der Waals surface area contributed by atoms with Crippen LogP contribution in [0.25, 0.3) is 10.8 Å². The van der Waals surface area contributed by atoms with Gasteiger partial charge in [0.2, 0.25) is 0 Å². The topological polar surface area (TPSA) is 52.6 Å². The highest BCUT2D eigenvalue weighted by Gasteiger charge is 2.11. The summed E-state index contributed by atoms with van der Waals surface area (Å²) in [5, 5.41) is 1.40. The van der Waals surface area contributed by atoms with Crippen LogP contribution in [-0.4, -0.2) is 11.9 Å². The van der Waals surface area contributed by atoms with E-state index in [2.05, 4.69) is 0 Å². The van der Waals surface area contributed by atoms with Gasteiger partial charge in [0.15, 0.2) is 0 Å². The van der Waals surface area contributed by atoms with E-state index in [-0.39, 0.29) is 0 Å². The van der Waals surface area contributed by atoms with Crippen LogP contribution in [0.15, 0.2) is 60.7 Å². The third kappa shape index (κ3) is 3.61. The van der Waals surface area contributed by atoms with E-state index in [9.17, 15) is 9.59 Å². The van der Waals surface area contributed by atoms with Crippen molar-refractivity contribution in [2.24, 2.45) is 0 Å². The maximum atomic E-state index is 11.6. The number of benzene rings is 2. The van der Waals surface area contributed by atoms with Crippen LogP contribution in [0.2, 0.25) is 0 Å². The molecule has 112 valence electrons. The van der Waals surface area contributed by atoms with Crippen LogP contribution in [0.1, 0.15) is 13.8 Å². The minimum absolute atomic E-state index is 0.421. The van der Waals surface area contributed by atoms with Crippen LogP contribution in [-0.2, 0) is 9.59 Å². The molecule has 2 aromatic carbocycles. The van der Waals surface area contributed by atoms with Gasteiger partial charge in [-0.05, 0) is 26.0 Å². The lowest BCUT2D eigenvalue weighted by Gasteiger charge is -2.10. The molecule has 22 heavy (non-hydrogen) atoms. The Kier molecular flexibility index (Phi) is 5.09. The molecule has 0 saturated heterocycles. The number of fused-ring (bicyclic) bond motifs is 1. The van der Waals surface area contributed by atoms with Crippen molar-refractivity contribution in [2.75, 3.05) is 0 Å². The van der Waals surface area contributed by atoms with Crippen molar-refractivity contribution in [2.45, 2.75) is 13.8 Å². The number of esters is 2. The van der Waals surface area contributed by atoms with Gasteiger partial charge in [-0.25, -0.2) is 9.59 Å². The van der Waals surface area contributed by atoms with E-state index in [1.165, 1.54) is 12.2 Å². The molecule has 4 heteroatoms. The van der Waals surface area contributed by atoms with E-state index in [1.807, 2.05) is 12.1 Å². The van der Waals surface area contributed by atoms with E-state index in [0.717, 1.165) is 0 Å². The Labute approximate surface area is 128 Å². The van der Waals surface area contributed by atoms with Crippen molar-refractivity contribution >= 4 is 22.7 Å². The molecule has 0 N–H and O–H groups in total. The molecule has 0 heterocycles. The fraction of sp³-hybridized carbons (Fsp3) is 0.111. The first-order valence-electron chi connectivity index (χ1n) is 6.86. The molecular formula is C18H16O4. The van der Waals surface area contributed by atoms with Gasteiger partial charge in [0.25, 0.3) is 0 Å². The van der Waals surface area contributed by atoms with E-state index in [1.54, 1.807) is 50.3 Å². The fourth-order valence-corrected chi connectivity index (χ4v) is 1.98. The lowest BCUT2D eigenvalue weighted by atomic mass is 10.1. The summed E-state index contributed by atoms with van der Waals surface area (Å²) < 4.78 is 10.6. The molecule has 0 radical (unpaired) electrons. The van der Waals surface area contributed by atoms with Gasteiger partial charge in [0.05, 0.1) is 0 Å². The molecule has 0 aliphatic heterocycles. The zero-order valence-electron chi connectivity index (χ0n) is 12.4. The molecule has 0 bridgehead atoms. The first kappa shape index (κ1) is 15.5. The Morgan fingerprint density at radius 2 is 1.18 bits per heavy atom. The molecule has 0 atom stereocenters. The monoisotopic (exact) mass is 296 g/mol. The summed E-state index contributed by atoms with van der Waals surface area (Å²) in [5.41, 5.74) is 0. The molecule has 2 rings (SSSR count). The SMILES string of the molecule is C/C=C/C(=O)Oc1ccc(OC(=O)/C=C/C)c2ccccc12. The zero-order valence-corrected chi connectivity index (χ0v) is 12.4. The first-order chi connectivity index (χ1) is 10.7. The molecular weight excluding hydrogens is 280 g/mol. The van der Waals surface area contributed by atoms with Crippen LogP contribution in [0.3, 0.4) is 0 Å². The highest BCUT2D eigenvalue weighted by atomic mass is 16.5. The summed E-state index contributed by atoms with van der Waals surface area (Å²) in [5.74, 6) is -0.0632. The molecule has 0 fully saturated rings. The van der Waals surface area contributed by atoms with Crippen LogP contribution >= 0.6 is 0 Å². The van der Waals surface area contributed by atoms with Gasteiger partial charge in [0.1, 0.15) is 11.5 Å². The summed E-state index contributed by atoms with van der Waals surface area (Å²) in [6.07, 6.45) is 5.90. The number of allylic oxidation sites excluding steroid dienone is 2. The van der Waals surface area contributed by atoms with Gasteiger partial charge >= 0.3 is 11.9 Å². The maximum Gasteiger partial charge on any atom is 0.335 e. The van der Waals surface area contributed by atoms with Crippen molar-refractivity contribution in [3.63, 3.8) is 0 Å². The Morgan fingerprint density at radius 1 is 0.773 bits per heavy atom. The van der Waals surface area contributed by atoms with E-state index >= 15 is 0 Å². The average Bonchev–Trinajstić information content (AvgIpc) is 2.50. The van der Waals surface area contributed by atoms with Gasteiger partial charge in [-0.15, -0.1) is 0 Å². The van der Waals surface area contributed by atoms with Crippen LogP contribution in [0.4, 0.5) is 0 Å². The number of hydrogen-bond acceptors (Lipinski definition) is 4. The van der Waals surface area contributed by atoms with Gasteiger partial charge in [-0.1, -0.05) is 36.4 Å². The molecule has 0 amide bonds. The summed E-state index contributed by atoms with van der Waals surface area (Å²) >= 11 is 0. The van der Waals surface area contributed by atoms with E-state index in [0.29, 0.717) is 22.3 Å². The lowest BCUT2D eigenvalue weighted by Crippen LogP contribution is -2.06. The predicted octanol–water partition coefficient (Wildman–Crippen LogP) is 3.80. The molecule has 0 spiro atoms. The molecule has 0 aromatic heterocycles. The fourth-order valence-electron chi connectivity index (χ4n) is 1.98. The summed E-state index contributed by atoms with van der Waals surface area (Å²) in [7, 11) is 0. The van der Waals surface area contributed by atoms with Crippen molar-refractivity contribution in [1.82, 2.24) is 0 Å². The second-order valence-corrected chi connectivity index (χ2v) is 4.45. The van der Waals surface area contributed by atoms with Gasteiger partial charge < -0.3 is 9.47 Å². The summed E-state index contributed by atoms with van der Waals surface area (Å²) in [6.45, 7) is 3.48. The van der Waals surface area contributed by atoms with Gasteiger partial charge in [-0.2, -0.15) is 0 Å². The van der Waals surface area contributed by atoms with E-state index in [4.69, 9.17) is 9.47 Å². The number of rotatable bonds is 4. The summed E-state index contributed by atoms with van der Waals surface area (Å²) in [6, 6.07) is 10.5. The summed E-state index contributed by atoms with van der Waals surface area (Å²) in [4.78, 5) is 23.2. The van der Waals surface area contributed by atoms with Crippen molar-refractivity contribution in [3.8, 4) is 11.5 Å². The quantitative estimate of drug-likeness (QED) is 0.489. The Balaban J connectivity index is 2.42. The zero-order chi connectivity index (χ0) is 15.9. The number of carbonyl (C=O) groups is 2. The van der Waals surface area contributed by atoms with Gasteiger partial charge in [0, 0.05) is 22.9 Å². The molecule has 4 nitrogen and oxygen atoms in total. The van der Waals surface area contributed by atoms with Crippen LogP contribution in [0, 0.1) is 0 Å². The Morgan fingerprint density at radius 3 is 1.55 bits per heavy atom.